The normalized spacial score (nSPS) is 21.8. The van der Waals surface area contributed by atoms with E-state index in [0.717, 1.165) is 13.0 Å². The molecule has 2 N–H and O–H groups in total. The Bertz CT molecular complexity index is 617. The van der Waals surface area contributed by atoms with E-state index in [4.69, 9.17) is 5.73 Å². The molecule has 21 heavy (non-hydrogen) atoms. The topological polar surface area (TPSA) is 29.3 Å². The third-order valence-electron chi connectivity index (χ3n) is 4.69. The first-order valence-corrected chi connectivity index (χ1v) is 8.60. The van der Waals surface area contributed by atoms with Crippen molar-refractivity contribution in [3.05, 3.63) is 57.3 Å². The van der Waals surface area contributed by atoms with E-state index in [1.165, 1.54) is 16.7 Å². The van der Waals surface area contributed by atoms with Gasteiger partial charge >= 0.3 is 0 Å². The molecule has 1 aliphatic heterocycles. The number of nitrogens with two attached hydrogens (primary N) is 1. The van der Waals surface area contributed by atoms with E-state index in [0.29, 0.717) is 6.04 Å². The van der Waals surface area contributed by atoms with E-state index < -0.39 is 0 Å². The molecule has 112 valence electrons. The van der Waals surface area contributed by atoms with Crippen molar-refractivity contribution in [2.45, 2.75) is 45.3 Å². The lowest BCUT2D eigenvalue weighted by atomic mass is 9.90. The van der Waals surface area contributed by atoms with Crippen molar-refractivity contribution in [3.63, 3.8) is 0 Å². The lowest BCUT2D eigenvalue weighted by Gasteiger charge is -2.42. The fraction of sp³-hybridized carbons (Fsp3) is 0.444. The minimum atomic E-state index is 0.119. The minimum absolute atomic E-state index is 0.119. The second kappa shape index (κ2) is 5.91. The molecule has 0 aliphatic carbocycles. The molecule has 0 amide bonds. The van der Waals surface area contributed by atoms with Crippen LogP contribution in [-0.2, 0) is 6.42 Å². The molecule has 0 saturated carbocycles. The minimum Gasteiger partial charge on any atom is -0.326 e. The Kier molecular flexibility index (Phi) is 4.16. The summed E-state index contributed by atoms with van der Waals surface area (Å²) in [4.78, 5) is 4.13. The highest BCUT2D eigenvalue weighted by molar-refractivity contribution is 7.10. The van der Waals surface area contributed by atoms with Crippen molar-refractivity contribution < 1.29 is 0 Å². The van der Waals surface area contributed by atoms with Crippen LogP contribution in [0.15, 0.2) is 35.7 Å². The fourth-order valence-corrected chi connectivity index (χ4v) is 4.55. The number of hydrogen-bond acceptors (Lipinski definition) is 3. The number of nitrogens with zero attached hydrogens (tertiary/aromatic N) is 1. The maximum atomic E-state index is 6.39. The van der Waals surface area contributed by atoms with Gasteiger partial charge < -0.3 is 5.73 Å². The molecule has 3 rings (SSSR count). The van der Waals surface area contributed by atoms with Crippen LogP contribution in [0.2, 0.25) is 0 Å². The quantitative estimate of drug-likeness (QED) is 0.926. The van der Waals surface area contributed by atoms with Crippen LogP contribution in [0.4, 0.5) is 0 Å². The van der Waals surface area contributed by atoms with E-state index in [1.807, 2.05) is 11.3 Å². The zero-order valence-corrected chi connectivity index (χ0v) is 13.9. The van der Waals surface area contributed by atoms with Gasteiger partial charge in [0.1, 0.15) is 0 Å². The number of fused-ring (bicyclic) bond motifs is 1. The molecule has 0 bridgehead atoms. The second-order valence-corrected chi connectivity index (χ2v) is 7.12. The number of hydrogen-bond donors (Lipinski definition) is 1. The Labute approximate surface area is 131 Å². The Morgan fingerprint density at radius 1 is 1.29 bits per heavy atom. The van der Waals surface area contributed by atoms with Crippen LogP contribution >= 0.6 is 11.3 Å². The first-order chi connectivity index (χ1) is 10.1. The van der Waals surface area contributed by atoms with Gasteiger partial charge in [-0.15, -0.1) is 11.3 Å². The van der Waals surface area contributed by atoms with Crippen molar-refractivity contribution in [2.75, 3.05) is 6.54 Å². The Morgan fingerprint density at radius 3 is 2.76 bits per heavy atom. The van der Waals surface area contributed by atoms with Crippen LogP contribution in [0.5, 0.6) is 0 Å². The maximum absolute atomic E-state index is 6.39. The van der Waals surface area contributed by atoms with Crippen molar-refractivity contribution in [1.29, 1.82) is 0 Å². The average molecular weight is 300 g/mol. The number of thiophene rings is 1. The fourth-order valence-electron chi connectivity index (χ4n) is 3.59. The van der Waals surface area contributed by atoms with Gasteiger partial charge in [0.15, 0.2) is 0 Å². The molecular weight excluding hydrogens is 276 g/mol. The summed E-state index contributed by atoms with van der Waals surface area (Å²) in [6, 6.07) is 11.8. The standard InChI is InChI=1S/C18H24N2S/c1-12-6-4-5-7-15(12)18(13(2)19)20-10-8-17-16(14(20)3)9-11-21-17/h4-7,9,11,13-14,18H,8,10,19H2,1-3H3. The molecule has 1 aromatic carbocycles. The van der Waals surface area contributed by atoms with Gasteiger partial charge in [-0.3, -0.25) is 4.90 Å². The van der Waals surface area contributed by atoms with E-state index in [1.54, 1.807) is 4.88 Å². The highest BCUT2D eigenvalue weighted by Gasteiger charge is 2.33. The summed E-state index contributed by atoms with van der Waals surface area (Å²) in [6.45, 7) is 7.73. The molecule has 2 aromatic rings. The third kappa shape index (κ3) is 2.66. The van der Waals surface area contributed by atoms with Gasteiger partial charge in [-0.2, -0.15) is 0 Å². The molecular formula is C18H24N2S. The molecule has 3 heteroatoms. The second-order valence-electron chi connectivity index (χ2n) is 6.12. The predicted octanol–water partition coefficient (Wildman–Crippen LogP) is 4.06. The summed E-state index contributed by atoms with van der Waals surface area (Å²) in [5, 5.41) is 2.22. The number of benzene rings is 1. The van der Waals surface area contributed by atoms with Crippen molar-refractivity contribution in [1.82, 2.24) is 4.90 Å². The first kappa shape index (κ1) is 14.8. The summed E-state index contributed by atoms with van der Waals surface area (Å²) >= 11 is 1.89. The Morgan fingerprint density at radius 2 is 2.05 bits per heavy atom. The number of rotatable bonds is 3. The summed E-state index contributed by atoms with van der Waals surface area (Å²) in [5.74, 6) is 0. The van der Waals surface area contributed by atoms with Crippen LogP contribution < -0.4 is 5.73 Å². The summed E-state index contributed by atoms with van der Waals surface area (Å²) in [7, 11) is 0. The summed E-state index contributed by atoms with van der Waals surface area (Å²) in [5.41, 5.74) is 10.6. The van der Waals surface area contributed by atoms with Gasteiger partial charge in [-0.05, 0) is 55.3 Å². The van der Waals surface area contributed by atoms with Crippen LogP contribution in [0.3, 0.4) is 0 Å². The molecule has 2 nitrogen and oxygen atoms in total. The summed E-state index contributed by atoms with van der Waals surface area (Å²) < 4.78 is 0. The maximum Gasteiger partial charge on any atom is 0.0505 e. The van der Waals surface area contributed by atoms with E-state index >= 15 is 0 Å². The van der Waals surface area contributed by atoms with Gasteiger partial charge in [0.25, 0.3) is 0 Å². The van der Waals surface area contributed by atoms with Crippen molar-refractivity contribution >= 4 is 11.3 Å². The largest absolute Gasteiger partial charge is 0.326 e. The highest BCUT2D eigenvalue weighted by Crippen LogP contribution is 2.39. The summed E-state index contributed by atoms with van der Waals surface area (Å²) in [6.07, 6.45) is 1.15. The molecule has 0 radical (unpaired) electrons. The molecule has 0 spiro atoms. The van der Waals surface area contributed by atoms with Crippen LogP contribution in [0, 0.1) is 6.92 Å². The SMILES string of the molecule is Cc1ccccc1C(C(C)N)N1CCc2sccc2C1C. The van der Waals surface area contributed by atoms with Gasteiger partial charge in [0, 0.05) is 23.5 Å². The third-order valence-corrected chi connectivity index (χ3v) is 5.68. The molecule has 0 saturated heterocycles. The Hall–Kier alpha value is -1.16. The predicted molar refractivity (Wildman–Crippen MR) is 90.7 cm³/mol. The molecule has 1 aliphatic rings. The van der Waals surface area contributed by atoms with Gasteiger partial charge in [0.05, 0.1) is 6.04 Å². The molecule has 3 unspecified atom stereocenters. The van der Waals surface area contributed by atoms with Gasteiger partial charge in [-0.1, -0.05) is 24.3 Å². The van der Waals surface area contributed by atoms with Crippen molar-refractivity contribution in [3.8, 4) is 0 Å². The molecule has 0 fully saturated rings. The van der Waals surface area contributed by atoms with Crippen LogP contribution in [0.1, 0.15) is 47.5 Å². The van der Waals surface area contributed by atoms with E-state index in [9.17, 15) is 0 Å². The zero-order valence-electron chi connectivity index (χ0n) is 13.0. The zero-order chi connectivity index (χ0) is 15.0. The van der Waals surface area contributed by atoms with Gasteiger partial charge in [-0.25, -0.2) is 0 Å². The lowest BCUT2D eigenvalue weighted by molar-refractivity contribution is 0.118. The monoisotopic (exact) mass is 300 g/mol. The van der Waals surface area contributed by atoms with Crippen molar-refractivity contribution in [2.24, 2.45) is 5.73 Å². The van der Waals surface area contributed by atoms with Crippen LogP contribution in [-0.4, -0.2) is 17.5 Å². The molecule has 3 atom stereocenters. The van der Waals surface area contributed by atoms with E-state index in [-0.39, 0.29) is 12.1 Å². The van der Waals surface area contributed by atoms with E-state index in [2.05, 4.69) is 61.4 Å². The Balaban J connectivity index is 1.98. The highest BCUT2D eigenvalue weighted by atomic mass is 32.1. The lowest BCUT2D eigenvalue weighted by Crippen LogP contribution is -2.44. The molecule has 2 heterocycles. The molecule has 1 aromatic heterocycles. The number of aryl methyl sites for hydroxylation is 1. The smallest absolute Gasteiger partial charge is 0.0505 e. The average Bonchev–Trinajstić information content (AvgIpc) is 2.92. The van der Waals surface area contributed by atoms with Gasteiger partial charge in [0.2, 0.25) is 0 Å². The van der Waals surface area contributed by atoms with Crippen LogP contribution in [0.25, 0.3) is 0 Å². The first-order valence-electron chi connectivity index (χ1n) is 7.72.